The highest BCUT2D eigenvalue weighted by molar-refractivity contribution is 6.74. The lowest BCUT2D eigenvalue weighted by molar-refractivity contribution is -0.151. The van der Waals surface area contributed by atoms with Crippen molar-refractivity contribution in [3.8, 4) is 0 Å². The number of rotatable bonds is 5. The standard InChI is InChI=1S/C17H34O3Si/c1-8-19-15(18)13-17(12-10-9-11-14(17)2)20-21(6,7)16(3,4)5/h14H,8-13H2,1-7H3/t14-,17-/m1/s1. The number of carbonyl (C=O) groups excluding carboxylic acids is 1. The molecule has 0 spiro atoms. The van der Waals surface area contributed by atoms with Crippen LogP contribution in [0.3, 0.4) is 0 Å². The Morgan fingerprint density at radius 1 is 1.29 bits per heavy atom. The summed E-state index contributed by atoms with van der Waals surface area (Å²) in [6.07, 6.45) is 4.94. The van der Waals surface area contributed by atoms with E-state index >= 15 is 0 Å². The van der Waals surface area contributed by atoms with Crippen LogP contribution in [-0.2, 0) is 14.0 Å². The number of esters is 1. The molecule has 0 amide bonds. The molecule has 4 heteroatoms. The van der Waals surface area contributed by atoms with Gasteiger partial charge >= 0.3 is 5.97 Å². The third-order valence-electron chi connectivity index (χ3n) is 5.40. The number of ether oxygens (including phenoxy) is 1. The van der Waals surface area contributed by atoms with Crippen molar-refractivity contribution < 1.29 is 14.0 Å². The Morgan fingerprint density at radius 3 is 2.38 bits per heavy atom. The van der Waals surface area contributed by atoms with Crippen LogP contribution in [-0.4, -0.2) is 26.5 Å². The van der Waals surface area contributed by atoms with Crippen LogP contribution in [0.2, 0.25) is 18.1 Å². The lowest BCUT2D eigenvalue weighted by Crippen LogP contribution is -2.54. The SMILES string of the molecule is CCOC(=O)C[C@]1(O[Si](C)(C)C(C)(C)C)CCCC[C@H]1C. The molecular weight excluding hydrogens is 280 g/mol. The summed E-state index contributed by atoms with van der Waals surface area (Å²) >= 11 is 0. The molecule has 0 aromatic carbocycles. The fourth-order valence-electron chi connectivity index (χ4n) is 2.95. The lowest BCUT2D eigenvalue weighted by atomic mass is 9.74. The molecule has 0 unspecified atom stereocenters. The summed E-state index contributed by atoms with van der Waals surface area (Å²) in [5.74, 6) is 0.315. The number of hydrogen-bond donors (Lipinski definition) is 0. The van der Waals surface area contributed by atoms with Gasteiger partial charge in [-0.1, -0.05) is 40.5 Å². The fourth-order valence-corrected chi connectivity index (χ4v) is 4.65. The second-order valence-electron chi connectivity index (χ2n) is 8.06. The highest BCUT2D eigenvalue weighted by Crippen LogP contribution is 2.46. The van der Waals surface area contributed by atoms with Crippen LogP contribution in [0, 0.1) is 5.92 Å². The largest absolute Gasteiger partial charge is 0.466 e. The van der Waals surface area contributed by atoms with Gasteiger partial charge in [-0.2, -0.15) is 0 Å². The average Bonchev–Trinajstić information content (AvgIpc) is 2.31. The van der Waals surface area contributed by atoms with E-state index < -0.39 is 8.32 Å². The van der Waals surface area contributed by atoms with Crippen LogP contribution in [0.15, 0.2) is 0 Å². The van der Waals surface area contributed by atoms with Crippen LogP contribution in [0.5, 0.6) is 0 Å². The molecule has 21 heavy (non-hydrogen) atoms. The van der Waals surface area contributed by atoms with E-state index in [4.69, 9.17) is 9.16 Å². The van der Waals surface area contributed by atoms with E-state index in [1.807, 2.05) is 6.92 Å². The Hall–Kier alpha value is -0.353. The molecule has 1 rings (SSSR count). The molecule has 0 heterocycles. The smallest absolute Gasteiger partial charge is 0.308 e. The van der Waals surface area contributed by atoms with E-state index in [0.717, 1.165) is 19.3 Å². The van der Waals surface area contributed by atoms with E-state index in [2.05, 4.69) is 40.8 Å². The normalized spacial score (nSPS) is 27.5. The van der Waals surface area contributed by atoms with E-state index in [-0.39, 0.29) is 16.6 Å². The van der Waals surface area contributed by atoms with Gasteiger partial charge in [0.15, 0.2) is 8.32 Å². The van der Waals surface area contributed by atoms with E-state index in [1.54, 1.807) is 0 Å². The zero-order valence-corrected chi connectivity index (χ0v) is 16.0. The molecule has 0 saturated heterocycles. The summed E-state index contributed by atoms with van der Waals surface area (Å²) in [4.78, 5) is 12.1. The Morgan fingerprint density at radius 2 is 1.90 bits per heavy atom. The predicted octanol–water partition coefficient (Wildman–Crippen LogP) is 4.91. The molecule has 0 aromatic rings. The molecule has 3 nitrogen and oxygen atoms in total. The zero-order chi connectivity index (χ0) is 16.3. The van der Waals surface area contributed by atoms with E-state index in [0.29, 0.717) is 18.9 Å². The quantitative estimate of drug-likeness (QED) is 0.534. The Labute approximate surface area is 131 Å². The maximum atomic E-state index is 12.1. The van der Waals surface area contributed by atoms with Crippen LogP contribution in [0.25, 0.3) is 0 Å². The average molecular weight is 315 g/mol. The predicted molar refractivity (Wildman–Crippen MR) is 89.9 cm³/mol. The van der Waals surface area contributed by atoms with Gasteiger partial charge in [-0.15, -0.1) is 0 Å². The summed E-state index contributed by atoms with van der Waals surface area (Å²) in [5.41, 5.74) is -0.312. The van der Waals surface area contributed by atoms with Crippen molar-refractivity contribution in [2.45, 2.75) is 90.5 Å². The van der Waals surface area contributed by atoms with Crippen LogP contribution >= 0.6 is 0 Å². The highest BCUT2D eigenvalue weighted by atomic mass is 28.4. The lowest BCUT2D eigenvalue weighted by Gasteiger charge is -2.50. The Bertz CT molecular complexity index is 360. The van der Waals surface area contributed by atoms with Crippen molar-refractivity contribution in [2.75, 3.05) is 6.61 Å². The molecule has 1 saturated carbocycles. The first-order chi connectivity index (χ1) is 9.54. The number of carbonyl (C=O) groups is 1. The molecule has 1 aliphatic carbocycles. The summed E-state index contributed by atoms with van der Waals surface area (Å²) < 4.78 is 12.0. The fraction of sp³-hybridized carbons (Fsp3) is 0.941. The van der Waals surface area contributed by atoms with Gasteiger partial charge in [-0.25, -0.2) is 0 Å². The molecule has 0 radical (unpaired) electrons. The van der Waals surface area contributed by atoms with Crippen molar-refractivity contribution in [3.63, 3.8) is 0 Å². The molecule has 0 N–H and O–H groups in total. The Kier molecular flexibility index (Phi) is 6.07. The molecule has 0 aliphatic heterocycles. The topological polar surface area (TPSA) is 35.5 Å². The zero-order valence-electron chi connectivity index (χ0n) is 15.0. The Balaban J connectivity index is 2.99. The molecular formula is C17H34O3Si. The first-order valence-electron chi connectivity index (χ1n) is 8.40. The van der Waals surface area contributed by atoms with Gasteiger partial charge in [0.25, 0.3) is 0 Å². The summed E-state index contributed by atoms with van der Waals surface area (Å²) in [7, 11) is -1.90. The van der Waals surface area contributed by atoms with E-state index in [1.165, 1.54) is 6.42 Å². The van der Waals surface area contributed by atoms with Crippen molar-refractivity contribution in [2.24, 2.45) is 5.92 Å². The minimum Gasteiger partial charge on any atom is -0.466 e. The molecule has 1 aliphatic rings. The molecule has 2 atom stereocenters. The van der Waals surface area contributed by atoms with Crippen molar-refractivity contribution in [3.05, 3.63) is 0 Å². The van der Waals surface area contributed by atoms with Crippen LogP contribution in [0.4, 0.5) is 0 Å². The highest BCUT2D eigenvalue weighted by Gasteiger charge is 2.49. The van der Waals surface area contributed by atoms with Crippen molar-refractivity contribution in [1.82, 2.24) is 0 Å². The van der Waals surface area contributed by atoms with Gasteiger partial charge in [0.2, 0.25) is 0 Å². The van der Waals surface area contributed by atoms with E-state index in [9.17, 15) is 4.79 Å². The second-order valence-corrected chi connectivity index (χ2v) is 12.8. The molecule has 1 fully saturated rings. The van der Waals surface area contributed by atoms with Gasteiger partial charge in [0, 0.05) is 0 Å². The van der Waals surface area contributed by atoms with Gasteiger partial charge in [-0.05, 0) is 43.8 Å². The summed E-state index contributed by atoms with van der Waals surface area (Å²) in [5, 5.41) is 0.159. The van der Waals surface area contributed by atoms with Gasteiger partial charge in [0.05, 0.1) is 18.6 Å². The first-order valence-corrected chi connectivity index (χ1v) is 11.3. The van der Waals surface area contributed by atoms with Gasteiger partial charge in [-0.3, -0.25) is 4.79 Å². The summed E-state index contributed by atoms with van der Waals surface area (Å²) in [6.45, 7) is 15.9. The molecule has 0 bridgehead atoms. The first kappa shape index (κ1) is 18.7. The van der Waals surface area contributed by atoms with Crippen LogP contribution in [0.1, 0.15) is 66.7 Å². The maximum Gasteiger partial charge on any atom is 0.308 e. The molecule has 0 aromatic heterocycles. The van der Waals surface area contributed by atoms with Crippen LogP contribution < -0.4 is 0 Å². The monoisotopic (exact) mass is 314 g/mol. The maximum absolute atomic E-state index is 12.1. The minimum absolute atomic E-state index is 0.107. The number of hydrogen-bond acceptors (Lipinski definition) is 3. The van der Waals surface area contributed by atoms with Crippen molar-refractivity contribution >= 4 is 14.3 Å². The van der Waals surface area contributed by atoms with Crippen molar-refractivity contribution in [1.29, 1.82) is 0 Å². The third kappa shape index (κ3) is 4.56. The third-order valence-corrected chi connectivity index (χ3v) is 9.93. The molecule has 124 valence electrons. The van der Waals surface area contributed by atoms with Gasteiger partial charge in [0.1, 0.15) is 0 Å². The van der Waals surface area contributed by atoms with Gasteiger partial charge < -0.3 is 9.16 Å². The minimum atomic E-state index is -1.90. The summed E-state index contributed by atoms with van der Waals surface area (Å²) in [6, 6.07) is 0. The second kappa shape index (κ2) is 6.82.